The van der Waals surface area contributed by atoms with E-state index < -0.39 is 0 Å². The predicted octanol–water partition coefficient (Wildman–Crippen LogP) is 2.54. The lowest BCUT2D eigenvalue weighted by atomic mass is 9.92. The van der Waals surface area contributed by atoms with Crippen LogP contribution in [0.3, 0.4) is 0 Å². The van der Waals surface area contributed by atoms with Gasteiger partial charge in [0.05, 0.1) is 5.52 Å². The van der Waals surface area contributed by atoms with Crippen molar-refractivity contribution >= 4 is 16.7 Å². The molecule has 2 unspecified atom stereocenters. The third-order valence-electron chi connectivity index (χ3n) is 3.80. The Hall–Kier alpha value is -1.74. The van der Waals surface area contributed by atoms with Gasteiger partial charge in [0, 0.05) is 29.1 Å². The summed E-state index contributed by atoms with van der Waals surface area (Å²) in [6.07, 6.45) is 4.64. The Balaban J connectivity index is 2.06. The zero-order valence-electron chi connectivity index (χ0n) is 10.2. The minimum Gasteiger partial charge on any atom is -0.327 e. The molecule has 92 valence electrons. The molecular formula is C15H16N2O. The molecule has 0 bridgehead atoms. The first kappa shape index (κ1) is 11.4. The summed E-state index contributed by atoms with van der Waals surface area (Å²) >= 11 is 0. The summed E-state index contributed by atoms with van der Waals surface area (Å²) in [5.41, 5.74) is 7.53. The van der Waals surface area contributed by atoms with Crippen molar-refractivity contribution in [2.24, 2.45) is 11.7 Å². The Morgan fingerprint density at radius 3 is 2.83 bits per heavy atom. The zero-order chi connectivity index (χ0) is 12.5. The summed E-state index contributed by atoms with van der Waals surface area (Å²) in [6.45, 7) is 0. The summed E-state index contributed by atoms with van der Waals surface area (Å²) in [5, 5.41) is 1.01. The van der Waals surface area contributed by atoms with Crippen molar-refractivity contribution in [1.82, 2.24) is 4.98 Å². The van der Waals surface area contributed by atoms with Crippen molar-refractivity contribution in [3.05, 3.63) is 42.1 Å². The van der Waals surface area contributed by atoms with Crippen molar-refractivity contribution in [1.29, 1.82) is 0 Å². The molecule has 1 aromatic carbocycles. The highest BCUT2D eigenvalue weighted by molar-refractivity contribution is 6.08. The number of para-hydroxylation sites is 1. The van der Waals surface area contributed by atoms with Gasteiger partial charge in [0.1, 0.15) is 0 Å². The maximum Gasteiger partial charge on any atom is 0.169 e. The van der Waals surface area contributed by atoms with E-state index in [2.05, 4.69) is 4.98 Å². The minimum atomic E-state index is -0.0300. The fraction of sp³-hybridized carbons (Fsp3) is 0.333. The summed E-state index contributed by atoms with van der Waals surface area (Å²) in [5.74, 6) is 0.127. The Morgan fingerprint density at radius 1 is 1.22 bits per heavy atom. The standard InChI is InChI=1S/C15H16N2O/c16-13-8-2-6-11(13)15(18)12-7-1-4-10-5-3-9-17-14(10)12/h1,3-5,7,9,11,13H,2,6,8,16H2. The Morgan fingerprint density at radius 2 is 2.06 bits per heavy atom. The van der Waals surface area contributed by atoms with Crippen LogP contribution in [-0.4, -0.2) is 16.8 Å². The Bertz CT molecular complexity index is 589. The number of nitrogens with two attached hydrogens (primary N) is 1. The molecule has 2 N–H and O–H groups in total. The molecule has 1 heterocycles. The maximum absolute atomic E-state index is 12.6. The molecule has 2 atom stereocenters. The molecule has 2 aromatic rings. The first-order valence-electron chi connectivity index (χ1n) is 6.41. The van der Waals surface area contributed by atoms with E-state index in [0.717, 1.165) is 35.7 Å². The SMILES string of the molecule is NC1CCCC1C(=O)c1cccc2cccnc12. The van der Waals surface area contributed by atoms with Gasteiger partial charge >= 0.3 is 0 Å². The number of aromatic nitrogens is 1. The number of ketones is 1. The highest BCUT2D eigenvalue weighted by Crippen LogP contribution is 2.29. The van der Waals surface area contributed by atoms with Gasteiger partial charge in [0.2, 0.25) is 0 Å². The third kappa shape index (κ3) is 1.81. The van der Waals surface area contributed by atoms with Crippen LogP contribution in [0.15, 0.2) is 36.5 Å². The molecule has 1 saturated carbocycles. The van der Waals surface area contributed by atoms with E-state index in [1.807, 2.05) is 30.3 Å². The lowest BCUT2D eigenvalue weighted by Crippen LogP contribution is -2.30. The first-order chi connectivity index (χ1) is 8.77. The number of hydrogen-bond donors (Lipinski definition) is 1. The second-order valence-corrected chi connectivity index (χ2v) is 4.95. The Kier molecular flexibility index (Phi) is 2.84. The lowest BCUT2D eigenvalue weighted by Gasteiger charge is -2.14. The molecule has 1 aliphatic rings. The predicted molar refractivity (Wildman–Crippen MR) is 71.4 cm³/mol. The lowest BCUT2D eigenvalue weighted by molar-refractivity contribution is 0.0915. The number of Topliss-reactive ketones (excluding diaryl/α,β-unsaturated/α-hetero) is 1. The molecule has 3 rings (SSSR count). The van der Waals surface area contributed by atoms with Gasteiger partial charge in [0.25, 0.3) is 0 Å². The highest BCUT2D eigenvalue weighted by atomic mass is 16.1. The largest absolute Gasteiger partial charge is 0.327 e. The van der Waals surface area contributed by atoms with Gasteiger partial charge in [-0.05, 0) is 25.0 Å². The molecule has 0 radical (unpaired) electrons. The minimum absolute atomic E-state index is 0.0106. The average Bonchev–Trinajstić information content (AvgIpc) is 2.83. The third-order valence-corrected chi connectivity index (χ3v) is 3.80. The smallest absolute Gasteiger partial charge is 0.169 e. The number of nitrogens with zero attached hydrogens (tertiary/aromatic N) is 1. The van der Waals surface area contributed by atoms with Crippen LogP contribution in [0.25, 0.3) is 10.9 Å². The molecular weight excluding hydrogens is 224 g/mol. The van der Waals surface area contributed by atoms with E-state index >= 15 is 0 Å². The Labute approximate surface area is 106 Å². The van der Waals surface area contributed by atoms with Crippen LogP contribution in [0.4, 0.5) is 0 Å². The first-order valence-corrected chi connectivity index (χ1v) is 6.41. The number of carbonyl (C=O) groups excluding carboxylic acids is 1. The van der Waals surface area contributed by atoms with Gasteiger partial charge in [-0.1, -0.05) is 24.6 Å². The van der Waals surface area contributed by atoms with E-state index in [1.54, 1.807) is 6.20 Å². The molecule has 1 aliphatic carbocycles. The molecule has 0 amide bonds. The van der Waals surface area contributed by atoms with Crippen molar-refractivity contribution in [3.8, 4) is 0 Å². The molecule has 18 heavy (non-hydrogen) atoms. The van der Waals surface area contributed by atoms with E-state index in [0.29, 0.717) is 0 Å². The molecule has 0 spiro atoms. The van der Waals surface area contributed by atoms with Crippen LogP contribution in [-0.2, 0) is 0 Å². The topological polar surface area (TPSA) is 56.0 Å². The van der Waals surface area contributed by atoms with E-state index in [9.17, 15) is 4.79 Å². The van der Waals surface area contributed by atoms with Gasteiger partial charge in [-0.15, -0.1) is 0 Å². The number of fused-ring (bicyclic) bond motifs is 1. The van der Waals surface area contributed by atoms with Gasteiger partial charge in [-0.25, -0.2) is 0 Å². The number of rotatable bonds is 2. The van der Waals surface area contributed by atoms with E-state index in [1.165, 1.54) is 0 Å². The summed E-state index contributed by atoms with van der Waals surface area (Å²) in [4.78, 5) is 16.9. The number of hydrogen-bond acceptors (Lipinski definition) is 3. The fourth-order valence-electron chi connectivity index (χ4n) is 2.82. The van der Waals surface area contributed by atoms with Crippen LogP contribution < -0.4 is 5.73 Å². The maximum atomic E-state index is 12.6. The zero-order valence-corrected chi connectivity index (χ0v) is 10.2. The highest BCUT2D eigenvalue weighted by Gasteiger charge is 2.31. The van der Waals surface area contributed by atoms with Crippen LogP contribution >= 0.6 is 0 Å². The molecule has 0 saturated heterocycles. The number of pyridine rings is 1. The number of carbonyl (C=O) groups is 1. The van der Waals surface area contributed by atoms with Gasteiger partial charge in [-0.2, -0.15) is 0 Å². The van der Waals surface area contributed by atoms with Crippen molar-refractivity contribution in [3.63, 3.8) is 0 Å². The van der Waals surface area contributed by atoms with Gasteiger partial charge in [-0.3, -0.25) is 9.78 Å². The summed E-state index contributed by atoms with van der Waals surface area (Å²) < 4.78 is 0. The average molecular weight is 240 g/mol. The quantitative estimate of drug-likeness (QED) is 0.821. The van der Waals surface area contributed by atoms with Crippen molar-refractivity contribution in [2.45, 2.75) is 25.3 Å². The fourth-order valence-corrected chi connectivity index (χ4v) is 2.82. The van der Waals surface area contributed by atoms with Crippen molar-refractivity contribution in [2.75, 3.05) is 0 Å². The van der Waals surface area contributed by atoms with Gasteiger partial charge in [0.15, 0.2) is 5.78 Å². The van der Waals surface area contributed by atoms with Crippen LogP contribution in [0.2, 0.25) is 0 Å². The van der Waals surface area contributed by atoms with Crippen molar-refractivity contribution < 1.29 is 4.79 Å². The molecule has 1 fully saturated rings. The van der Waals surface area contributed by atoms with Gasteiger partial charge < -0.3 is 5.73 Å². The molecule has 3 heteroatoms. The second kappa shape index (κ2) is 4.50. The van der Waals surface area contributed by atoms with Crippen LogP contribution in [0.5, 0.6) is 0 Å². The van der Waals surface area contributed by atoms with E-state index in [4.69, 9.17) is 5.73 Å². The molecule has 1 aromatic heterocycles. The van der Waals surface area contributed by atoms with Crippen LogP contribution in [0.1, 0.15) is 29.6 Å². The normalized spacial score (nSPS) is 23.4. The molecule has 0 aliphatic heterocycles. The van der Waals surface area contributed by atoms with E-state index in [-0.39, 0.29) is 17.7 Å². The van der Waals surface area contributed by atoms with Crippen LogP contribution in [0, 0.1) is 5.92 Å². The monoisotopic (exact) mass is 240 g/mol. The second-order valence-electron chi connectivity index (χ2n) is 4.95. The number of benzene rings is 1. The summed E-state index contributed by atoms with van der Waals surface area (Å²) in [7, 11) is 0. The summed E-state index contributed by atoms with van der Waals surface area (Å²) in [6, 6.07) is 9.64. The molecule has 3 nitrogen and oxygen atoms in total.